The van der Waals surface area contributed by atoms with Crippen molar-refractivity contribution in [1.29, 1.82) is 0 Å². The molecule has 1 aromatic rings. The molecule has 0 saturated heterocycles. The van der Waals surface area contributed by atoms with Crippen LogP contribution in [-0.2, 0) is 4.79 Å². The lowest BCUT2D eigenvalue weighted by molar-refractivity contribution is 0.340. The highest BCUT2D eigenvalue weighted by Crippen LogP contribution is 2.28. The zero-order valence-corrected chi connectivity index (χ0v) is 7.84. The molecule has 0 unspecified atom stereocenters. The van der Waals surface area contributed by atoms with Gasteiger partial charge < -0.3 is 4.74 Å². The number of aliphatic imine (C=N–C) groups is 1. The standard InChI is InChI=1S/C9H8ClNO2/c1-2-13-9-5-7(11-6-12)3-4-8(9)10/h3-5H,2H2,1H3. The van der Waals surface area contributed by atoms with Gasteiger partial charge in [0, 0.05) is 6.07 Å². The molecule has 68 valence electrons. The number of ether oxygens (including phenoxy) is 1. The predicted molar refractivity (Wildman–Crippen MR) is 50.4 cm³/mol. The number of rotatable bonds is 3. The Kier molecular flexibility index (Phi) is 3.50. The summed E-state index contributed by atoms with van der Waals surface area (Å²) in [4.78, 5) is 13.4. The zero-order valence-electron chi connectivity index (χ0n) is 7.08. The Bertz CT molecular complexity index is 345. The molecule has 1 rings (SSSR count). The summed E-state index contributed by atoms with van der Waals surface area (Å²) < 4.78 is 5.20. The first-order valence-corrected chi connectivity index (χ1v) is 4.16. The Morgan fingerprint density at radius 1 is 1.62 bits per heavy atom. The fourth-order valence-corrected chi connectivity index (χ4v) is 1.05. The highest BCUT2D eigenvalue weighted by atomic mass is 35.5. The van der Waals surface area contributed by atoms with E-state index in [9.17, 15) is 4.79 Å². The Labute approximate surface area is 81.0 Å². The summed E-state index contributed by atoms with van der Waals surface area (Å²) in [5.74, 6) is 0.528. The lowest BCUT2D eigenvalue weighted by Crippen LogP contribution is -1.91. The first-order chi connectivity index (χ1) is 6.27. The van der Waals surface area contributed by atoms with Crippen molar-refractivity contribution in [2.24, 2.45) is 4.99 Å². The fourth-order valence-electron chi connectivity index (χ4n) is 0.880. The first-order valence-electron chi connectivity index (χ1n) is 3.78. The molecular formula is C9H8ClNO2. The van der Waals surface area contributed by atoms with Crippen molar-refractivity contribution in [2.45, 2.75) is 6.92 Å². The van der Waals surface area contributed by atoms with Crippen molar-refractivity contribution >= 4 is 23.4 Å². The molecule has 0 spiro atoms. The summed E-state index contributed by atoms with van der Waals surface area (Å²) in [5, 5.41) is 0.506. The van der Waals surface area contributed by atoms with Gasteiger partial charge in [0.15, 0.2) is 0 Å². The number of halogens is 1. The largest absolute Gasteiger partial charge is 0.492 e. The number of hydrogen-bond donors (Lipinski definition) is 0. The van der Waals surface area contributed by atoms with Crippen LogP contribution >= 0.6 is 11.6 Å². The second kappa shape index (κ2) is 4.65. The highest BCUT2D eigenvalue weighted by Gasteiger charge is 2.01. The molecule has 0 saturated carbocycles. The smallest absolute Gasteiger partial charge is 0.240 e. The third-order valence-corrected chi connectivity index (χ3v) is 1.70. The zero-order chi connectivity index (χ0) is 9.68. The minimum absolute atomic E-state index is 0.489. The summed E-state index contributed by atoms with van der Waals surface area (Å²) in [6.07, 6.45) is 1.45. The Balaban J connectivity index is 3.03. The number of benzene rings is 1. The molecule has 0 fully saturated rings. The molecule has 4 heteroatoms. The van der Waals surface area contributed by atoms with Crippen LogP contribution in [0.1, 0.15) is 6.92 Å². The summed E-state index contributed by atoms with van der Waals surface area (Å²) in [7, 11) is 0. The van der Waals surface area contributed by atoms with Crippen LogP contribution in [0.4, 0.5) is 5.69 Å². The summed E-state index contributed by atoms with van der Waals surface area (Å²) >= 11 is 5.81. The van der Waals surface area contributed by atoms with E-state index in [4.69, 9.17) is 16.3 Å². The van der Waals surface area contributed by atoms with Gasteiger partial charge in [-0.05, 0) is 19.1 Å². The SMILES string of the molecule is CCOc1cc(N=C=O)ccc1Cl. The number of hydrogen-bond acceptors (Lipinski definition) is 3. The maximum Gasteiger partial charge on any atom is 0.240 e. The summed E-state index contributed by atoms with van der Waals surface area (Å²) in [6.45, 7) is 2.37. The van der Waals surface area contributed by atoms with Gasteiger partial charge in [-0.3, -0.25) is 0 Å². The third kappa shape index (κ3) is 2.58. The minimum Gasteiger partial charge on any atom is -0.492 e. The molecule has 13 heavy (non-hydrogen) atoms. The molecule has 0 heterocycles. The molecular weight excluding hydrogens is 190 g/mol. The van der Waals surface area contributed by atoms with E-state index in [2.05, 4.69) is 4.99 Å². The molecule has 0 aliphatic rings. The van der Waals surface area contributed by atoms with Crippen molar-refractivity contribution in [1.82, 2.24) is 0 Å². The van der Waals surface area contributed by atoms with Crippen LogP contribution in [0.5, 0.6) is 5.75 Å². The molecule has 0 bridgehead atoms. The van der Waals surface area contributed by atoms with Crippen LogP contribution in [-0.4, -0.2) is 12.7 Å². The monoisotopic (exact) mass is 197 g/mol. The van der Waals surface area contributed by atoms with E-state index >= 15 is 0 Å². The second-order valence-corrected chi connectivity index (χ2v) is 2.66. The lowest BCUT2D eigenvalue weighted by atomic mass is 10.3. The van der Waals surface area contributed by atoms with Crippen LogP contribution < -0.4 is 4.74 Å². The van der Waals surface area contributed by atoms with Crippen LogP contribution in [0.3, 0.4) is 0 Å². The number of isocyanates is 1. The quantitative estimate of drug-likeness (QED) is 0.552. The van der Waals surface area contributed by atoms with Crippen LogP contribution in [0.2, 0.25) is 5.02 Å². The average Bonchev–Trinajstić information content (AvgIpc) is 2.12. The third-order valence-electron chi connectivity index (χ3n) is 1.39. The van der Waals surface area contributed by atoms with E-state index in [-0.39, 0.29) is 0 Å². The molecule has 0 radical (unpaired) electrons. The molecule has 0 aliphatic heterocycles. The number of nitrogens with zero attached hydrogens (tertiary/aromatic N) is 1. The van der Waals surface area contributed by atoms with Gasteiger partial charge in [-0.25, -0.2) is 4.79 Å². The van der Waals surface area contributed by atoms with Gasteiger partial charge in [0.05, 0.1) is 17.3 Å². The minimum atomic E-state index is 0.489. The average molecular weight is 198 g/mol. The van der Waals surface area contributed by atoms with Gasteiger partial charge in [0.2, 0.25) is 6.08 Å². The van der Waals surface area contributed by atoms with E-state index < -0.39 is 0 Å². The van der Waals surface area contributed by atoms with E-state index in [1.54, 1.807) is 18.2 Å². The molecule has 1 aromatic carbocycles. The van der Waals surface area contributed by atoms with Gasteiger partial charge in [-0.1, -0.05) is 11.6 Å². The van der Waals surface area contributed by atoms with Gasteiger partial charge >= 0.3 is 0 Å². The Morgan fingerprint density at radius 2 is 2.38 bits per heavy atom. The summed E-state index contributed by atoms with van der Waals surface area (Å²) in [6, 6.07) is 4.84. The van der Waals surface area contributed by atoms with Crippen LogP contribution in [0.15, 0.2) is 23.2 Å². The normalized spacial score (nSPS) is 9.08. The summed E-state index contributed by atoms with van der Waals surface area (Å²) in [5.41, 5.74) is 0.489. The highest BCUT2D eigenvalue weighted by molar-refractivity contribution is 6.32. The van der Waals surface area contributed by atoms with Gasteiger partial charge in [-0.2, -0.15) is 4.99 Å². The van der Waals surface area contributed by atoms with E-state index in [0.717, 1.165) is 0 Å². The van der Waals surface area contributed by atoms with Crippen LogP contribution in [0.25, 0.3) is 0 Å². The Hall–Kier alpha value is -1.31. The van der Waals surface area contributed by atoms with Gasteiger partial charge in [0.25, 0.3) is 0 Å². The molecule has 3 nitrogen and oxygen atoms in total. The second-order valence-electron chi connectivity index (χ2n) is 2.25. The van der Waals surface area contributed by atoms with Gasteiger partial charge in [-0.15, -0.1) is 0 Å². The van der Waals surface area contributed by atoms with E-state index in [1.807, 2.05) is 6.92 Å². The van der Waals surface area contributed by atoms with Crippen molar-refractivity contribution in [2.75, 3.05) is 6.61 Å². The maximum absolute atomic E-state index is 9.96. The topological polar surface area (TPSA) is 38.7 Å². The van der Waals surface area contributed by atoms with Crippen molar-refractivity contribution in [3.63, 3.8) is 0 Å². The molecule has 0 amide bonds. The first kappa shape index (κ1) is 9.78. The lowest BCUT2D eigenvalue weighted by Gasteiger charge is -2.04. The maximum atomic E-state index is 9.96. The van der Waals surface area contributed by atoms with E-state index in [1.165, 1.54) is 6.08 Å². The van der Waals surface area contributed by atoms with Gasteiger partial charge in [0.1, 0.15) is 5.75 Å². The number of carbonyl (C=O) groups excluding carboxylic acids is 1. The molecule has 0 aliphatic carbocycles. The predicted octanol–water partition coefficient (Wildman–Crippen LogP) is 2.71. The fraction of sp³-hybridized carbons (Fsp3) is 0.222. The molecule has 0 N–H and O–H groups in total. The van der Waals surface area contributed by atoms with E-state index in [0.29, 0.717) is 23.1 Å². The van der Waals surface area contributed by atoms with Crippen molar-refractivity contribution in [3.05, 3.63) is 23.2 Å². The van der Waals surface area contributed by atoms with Crippen molar-refractivity contribution < 1.29 is 9.53 Å². The molecule has 0 aromatic heterocycles. The van der Waals surface area contributed by atoms with Crippen molar-refractivity contribution in [3.8, 4) is 5.75 Å². The molecule has 0 atom stereocenters. The Morgan fingerprint density at radius 3 is 3.00 bits per heavy atom. The van der Waals surface area contributed by atoms with Crippen LogP contribution in [0, 0.1) is 0 Å².